The minimum Gasteiger partial charge on any atom is -0.493 e. The number of ether oxygens (including phenoxy) is 2. The van der Waals surface area contributed by atoms with Gasteiger partial charge in [0.05, 0.1) is 36.8 Å². The number of halogens is 3. The molecule has 39 heavy (non-hydrogen) atoms. The summed E-state index contributed by atoms with van der Waals surface area (Å²) in [6.07, 6.45) is -3.88. The first kappa shape index (κ1) is 27.5. The zero-order valence-corrected chi connectivity index (χ0v) is 21.6. The van der Waals surface area contributed by atoms with Gasteiger partial charge < -0.3 is 14.8 Å². The van der Waals surface area contributed by atoms with Gasteiger partial charge in [-0.2, -0.15) is 18.4 Å². The predicted octanol–water partition coefficient (Wildman–Crippen LogP) is 6.45. The predicted molar refractivity (Wildman–Crippen MR) is 142 cm³/mol. The van der Waals surface area contributed by atoms with Crippen molar-refractivity contribution in [2.75, 3.05) is 25.3 Å². The fourth-order valence-electron chi connectivity index (χ4n) is 3.67. The van der Waals surface area contributed by atoms with Crippen molar-refractivity contribution in [1.29, 1.82) is 5.26 Å². The molecular formula is C28H21F3N4O3S. The van der Waals surface area contributed by atoms with E-state index in [1.807, 2.05) is 36.4 Å². The van der Waals surface area contributed by atoms with Gasteiger partial charge in [0.1, 0.15) is 16.9 Å². The van der Waals surface area contributed by atoms with Crippen molar-refractivity contribution in [1.82, 2.24) is 9.97 Å². The number of carbonyl (C=O) groups excluding carboxylic acids is 1. The van der Waals surface area contributed by atoms with Crippen LogP contribution in [0, 0.1) is 11.3 Å². The van der Waals surface area contributed by atoms with Crippen LogP contribution in [0.5, 0.6) is 11.5 Å². The number of anilines is 1. The topological polar surface area (TPSA) is 97.1 Å². The van der Waals surface area contributed by atoms with Crippen LogP contribution in [-0.4, -0.2) is 35.8 Å². The molecule has 7 nitrogen and oxygen atoms in total. The highest BCUT2D eigenvalue weighted by Gasteiger charge is 2.30. The fourth-order valence-corrected chi connectivity index (χ4v) is 4.47. The van der Waals surface area contributed by atoms with Crippen molar-refractivity contribution in [3.63, 3.8) is 0 Å². The van der Waals surface area contributed by atoms with Crippen LogP contribution in [0.4, 0.5) is 19.0 Å². The van der Waals surface area contributed by atoms with Gasteiger partial charge in [0.25, 0.3) is 0 Å². The van der Waals surface area contributed by atoms with Gasteiger partial charge >= 0.3 is 6.18 Å². The first-order valence-electron chi connectivity index (χ1n) is 11.4. The second kappa shape index (κ2) is 11.9. The molecule has 2 heterocycles. The second-order valence-corrected chi connectivity index (χ2v) is 9.01. The molecule has 4 aromatic rings. The van der Waals surface area contributed by atoms with Gasteiger partial charge in [0.2, 0.25) is 5.91 Å². The third-order valence-electron chi connectivity index (χ3n) is 5.56. The molecule has 0 aliphatic heterocycles. The van der Waals surface area contributed by atoms with Crippen LogP contribution < -0.4 is 14.8 Å². The van der Waals surface area contributed by atoms with E-state index < -0.39 is 17.6 Å². The maximum absolute atomic E-state index is 12.8. The number of pyridine rings is 2. The summed E-state index contributed by atoms with van der Waals surface area (Å²) in [6.45, 7) is 0. The molecule has 0 fully saturated rings. The molecular weight excluding hydrogens is 529 g/mol. The smallest absolute Gasteiger partial charge is 0.417 e. The average Bonchev–Trinajstić information content (AvgIpc) is 2.95. The van der Waals surface area contributed by atoms with Crippen molar-refractivity contribution in [3.05, 3.63) is 84.1 Å². The summed E-state index contributed by atoms with van der Waals surface area (Å²) in [5, 5.41) is 12.8. The highest BCUT2D eigenvalue weighted by molar-refractivity contribution is 8.00. The summed E-state index contributed by atoms with van der Waals surface area (Å²) in [5.74, 6) is 0.344. The first-order chi connectivity index (χ1) is 18.7. The van der Waals surface area contributed by atoms with Crippen LogP contribution in [0.2, 0.25) is 0 Å². The van der Waals surface area contributed by atoms with E-state index in [-0.39, 0.29) is 17.1 Å². The number of nitrogens with zero attached hydrogens (tertiary/aromatic N) is 3. The van der Waals surface area contributed by atoms with E-state index in [1.165, 1.54) is 14.2 Å². The SMILES string of the molecule is COc1ccc(-c2cc(-c3ccccc3)c(C#N)c(SCC(=O)Nc3ccc(C(F)(F)F)cn3)n2)cc1OC. The third kappa shape index (κ3) is 6.48. The summed E-state index contributed by atoms with van der Waals surface area (Å²) in [7, 11) is 3.06. The summed E-state index contributed by atoms with van der Waals surface area (Å²) >= 11 is 1.03. The quantitative estimate of drug-likeness (QED) is 0.252. The Hall–Kier alpha value is -4.56. The monoisotopic (exact) mass is 550 g/mol. The molecule has 0 unspecified atom stereocenters. The molecule has 0 atom stereocenters. The Morgan fingerprint density at radius 3 is 2.36 bits per heavy atom. The van der Waals surface area contributed by atoms with Crippen molar-refractivity contribution >= 4 is 23.5 Å². The number of aromatic nitrogens is 2. The van der Waals surface area contributed by atoms with Crippen LogP contribution in [0.25, 0.3) is 22.4 Å². The van der Waals surface area contributed by atoms with Crippen LogP contribution >= 0.6 is 11.8 Å². The van der Waals surface area contributed by atoms with Crippen molar-refractivity contribution < 1.29 is 27.4 Å². The number of thioether (sulfide) groups is 1. The Morgan fingerprint density at radius 1 is 1.00 bits per heavy atom. The second-order valence-electron chi connectivity index (χ2n) is 8.05. The molecule has 11 heteroatoms. The lowest BCUT2D eigenvalue weighted by Crippen LogP contribution is -2.16. The van der Waals surface area contributed by atoms with E-state index in [9.17, 15) is 23.2 Å². The Labute approximate surface area is 226 Å². The first-order valence-corrected chi connectivity index (χ1v) is 12.4. The van der Waals surface area contributed by atoms with Gasteiger partial charge in [-0.15, -0.1) is 0 Å². The standard InChI is InChI=1S/C28H21F3N4O3S/c1-37-23-10-8-18(12-24(23)38-2)22-13-20(17-6-4-3-5-7-17)21(14-32)27(34-22)39-16-26(36)35-25-11-9-19(15-33-25)28(29,30)31/h3-13,15H,16H2,1-2H3,(H,33,35,36). The van der Waals surface area contributed by atoms with Crippen molar-refractivity contribution in [3.8, 4) is 40.0 Å². The van der Waals surface area contributed by atoms with E-state index in [0.717, 1.165) is 29.5 Å². The molecule has 2 aromatic heterocycles. The molecule has 1 amide bonds. The van der Waals surface area contributed by atoms with Crippen LogP contribution in [0.15, 0.2) is 78.0 Å². The molecule has 0 bridgehead atoms. The number of amides is 1. The zero-order chi connectivity index (χ0) is 28.0. The molecule has 1 N–H and O–H groups in total. The summed E-state index contributed by atoms with van der Waals surface area (Å²) < 4.78 is 49.1. The van der Waals surface area contributed by atoms with E-state index in [2.05, 4.69) is 21.4 Å². The summed E-state index contributed by atoms with van der Waals surface area (Å²) in [6, 6.07) is 20.5. The number of nitriles is 1. The summed E-state index contributed by atoms with van der Waals surface area (Å²) in [5.41, 5.74) is 2.04. The highest BCUT2D eigenvalue weighted by atomic mass is 32.2. The lowest BCUT2D eigenvalue weighted by atomic mass is 9.99. The van der Waals surface area contributed by atoms with E-state index >= 15 is 0 Å². The van der Waals surface area contributed by atoms with E-state index in [4.69, 9.17) is 9.47 Å². The maximum Gasteiger partial charge on any atom is 0.417 e. The third-order valence-corrected chi connectivity index (χ3v) is 6.54. The Bertz CT molecular complexity index is 1520. The zero-order valence-electron chi connectivity index (χ0n) is 20.7. The van der Waals surface area contributed by atoms with Gasteiger partial charge in [-0.25, -0.2) is 9.97 Å². The number of carbonyl (C=O) groups is 1. The Kier molecular flexibility index (Phi) is 8.36. The fraction of sp³-hybridized carbons (Fsp3) is 0.143. The highest BCUT2D eigenvalue weighted by Crippen LogP contribution is 2.37. The number of methoxy groups -OCH3 is 2. The van der Waals surface area contributed by atoms with Crippen LogP contribution in [0.3, 0.4) is 0 Å². The molecule has 0 saturated carbocycles. The number of alkyl halides is 3. The van der Waals surface area contributed by atoms with Gasteiger partial charge in [0.15, 0.2) is 11.5 Å². The molecule has 0 spiro atoms. The molecule has 0 saturated heterocycles. The van der Waals surface area contributed by atoms with E-state index in [0.29, 0.717) is 39.5 Å². The Morgan fingerprint density at radius 2 is 1.74 bits per heavy atom. The number of benzene rings is 2. The number of rotatable bonds is 8. The van der Waals surface area contributed by atoms with Crippen molar-refractivity contribution in [2.24, 2.45) is 0 Å². The number of nitrogens with one attached hydrogen (secondary N) is 1. The molecule has 0 radical (unpaired) electrons. The lowest BCUT2D eigenvalue weighted by molar-refractivity contribution is -0.137. The number of hydrogen-bond donors (Lipinski definition) is 1. The normalized spacial score (nSPS) is 11.0. The van der Waals surface area contributed by atoms with Gasteiger partial charge in [0, 0.05) is 17.3 Å². The minimum absolute atomic E-state index is 0.0221. The van der Waals surface area contributed by atoms with Crippen LogP contribution in [0.1, 0.15) is 11.1 Å². The largest absolute Gasteiger partial charge is 0.493 e. The van der Waals surface area contributed by atoms with Gasteiger partial charge in [-0.1, -0.05) is 42.1 Å². The Balaban J connectivity index is 1.66. The van der Waals surface area contributed by atoms with Gasteiger partial charge in [-0.05, 0) is 42.0 Å². The van der Waals surface area contributed by atoms with Crippen LogP contribution in [-0.2, 0) is 11.0 Å². The molecule has 4 rings (SSSR count). The van der Waals surface area contributed by atoms with Crippen molar-refractivity contribution in [2.45, 2.75) is 11.2 Å². The molecule has 2 aromatic carbocycles. The van der Waals surface area contributed by atoms with E-state index in [1.54, 1.807) is 18.2 Å². The molecule has 0 aliphatic carbocycles. The lowest BCUT2D eigenvalue weighted by Gasteiger charge is -2.14. The number of hydrogen-bond acceptors (Lipinski definition) is 7. The average molecular weight is 551 g/mol. The minimum atomic E-state index is -4.53. The van der Waals surface area contributed by atoms with Gasteiger partial charge in [-0.3, -0.25) is 4.79 Å². The summed E-state index contributed by atoms with van der Waals surface area (Å²) in [4.78, 5) is 20.9. The maximum atomic E-state index is 12.8. The molecule has 198 valence electrons. The molecule has 0 aliphatic rings.